The maximum absolute atomic E-state index is 13.5. The molecule has 0 aromatic heterocycles. The summed E-state index contributed by atoms with van der Waals surface area (Å²) in [6.45, 7) is 20.0. The summed E-state index contributed by atoms with van der Waals surface area (Å²) in [4.78, 5) is 56.6. The molecule has 2 amide bonds. The summed E-state index contributed by atoms with van der Waals surface area (Å²) < 4.78 is 22.1. The highest BCUT2D eigenvalue weighted by molar-refractivity contribution is 5.76. The van der Waals surface area contributed by atoms with E-state index in [-0.39, 0.29) is 35.9 Å². The monoisotopic (exact) mass is 676 g/mol. The molecule has 0 radical (unpaired) electrons. The largest absolute Gasteiger partial charge is 0.469 e. The van der Waals surface area contributed by atoms with Gasteiger partial charge in [0.2, 0.25) is 0 Å². The summed E-state index contributed by atoms with van der Waals surface area (Å²) in [5.41, 5.74) is -1.31. The van der Waals surface area contributed by atoms with E-state index in [0.29, 0.717) is 25.9 Å². The summed E-state index contributed by atoms with van der Waals surface area (Å²) in [5, 5.41) is 0. The lowest BCUT2D eigenvalue weighted by Crippen LogP contribution is -2.55. The first-order valence-corrected chi connectivity index (χ1v) is 18.0. The number of carbonyl (C=O) groups is 4. The fraction of sp³-hybridized carbons (Fsp3) is 0.789. The van der Waals surface area contributed by atoms with Gasteiger partial charge < -0.3 is 28.7 Å². The fourth-order valence-electron chi connectivity index (χ4n) is 7.44. The molecule has 0 aromatic rings. The van der Waals surface area contributed by atoms with E-state index in [1.54, 1.807) is 9.80 Å². The van der Waals surface area contributed by atoms with Crippen molar-refractivity contribution in [3.8, 4) is 0 Å². The smallest absolute Gasteiger partial charge is 0.410 e. The molecule has 10 nitrogen and oxygen atoms in total. The number of carbonyl (C=O) groups excluding carboxylic acids is 4. The Hall–Kier alpha value is -3.04. The predicted octanol–water partition coefficient (Wildman–Crippen LogP) is 8.09. The molecule has 0 saturated carbocycles. The molecule has 0 aromatic carbocycles. The van der Waals surface area contributed by atoms with Crippen molar-refractivity contribution < 1.29 is 38.1 Å². The maximum atomic E-state index is 13.5. The Kier molecular flexibility index (Phi) is 16.5. The van der Waals surface area contributed by atoms with Crippen molar-refractivity contribution in [2.24, 2.45) is 23.7 Å². The van der Waals surface area contributed by atoms with E-state index < -0.39 is 35.2 Å². The molecule has 0 aliphatic carbocycles. The zero-order chi connectivity index (χ0) is 36.1. The average molecular weight is 677 g/mol. The number of unbranched alkanes of at least 4 members (excludes halogenated alkanes) is 3. The number of likely N-dealkylation sites (tertiary alicyclic amines) is 2. The van der Waals surface area contributed by atoms with Crippen LogP contribution in [0.25, 0.3) is 0 Å². The summed E-state index contributed by atoms with van der Waals surface area (Å²) in [7, 11) is 2.80. The number of allylic oxidation sites excluding steroid dienone is 1. The Morgan fingerprint density at radius 1 is 0.729 bits per heavy atom. The molecular formula is C38H64N2O8. The van der Waals surface area contributed by atoms with Crippen molar-refractivity contribution >= 4 is 24.1 Å². The molecule has 0 N–H and O–H groups in total. The van der Waals surface area contributed by atoms with Gasteiger partial charge in [0.15, 0.2) is 0 Å². The summed E-state index contributed by atoms with van der Waals surface area (Å²) >= 11 is 0. The van der Waals surface area contributed by atoms with Crippen LogP contribution in [0.15, 0.2) is 25.3 Å². The zero-order valence-electron chi connectivity index (χ0n) is 31.1. The third-order valence-electron chi connectivity index (χ3n) is 9.46. The lowest BCUT2D eigenvalue weighted by atomic mass is 9.76. The van der Waals surface area contributed by atoms with Crippen molar-refractivity contribution in [3.63, 3.8) is 0 Å². The summed E-state index contributed by atoms with van der Waals surface area (Å²) in [6, 6.07) is -0.716. The number of esters is 2. The Bertz CT molecular complexity index is 1080. The highest BCUT2D eigenvalue weighted by Crippen LogP contribution is 2.38. The van der Waals surface area contributed by atoms with E-state index in [4.69, 9.17) is 18.9 Å². The van der Waals surface area contributed by atoms with E-state index in [1.165, 1.54) is 14.2 Å². The molecular weight excluding hydrogens is 612 g/mol. The third-order valence-corrected chi connectivity index (χ3v) is 9.46. The second-order valence-corrected chi connectivity index (χ2v) is 15.4. The predicted molar refractivity (Wildman–Crippen MR) is 187 cm³/mol. The summed E-state index contributed by atoms with van der Waals surface area (Å²) in [6.07, 6.45) is 12.3. The maximum Gasteiger partial charge on any atom is 0.410 e. The molecule has 10 heteroatoms. The molecule has 2 saturated heterocycles. The van der Waals surface area contributed by atoms with Crippen LogP contribution in [-0.2, 0) is 28.5 Å². The Balaban J connectivity index is 2.22. The number of piperidine rings is 2. The van der Waals surface area contributed by atoms with Gasteiger partial charge in [-0.3, -0.25) is 9.59 Å². The van der Waals surface area contributed by atoms with Gasteiger partial charge in [-0.25, -0.2) is 9.59 Å². The second-order valence-electron chi connectivity index (χ2n) is 15.4. The van der Waals surface area contributed by atoms with Gasteiger partial charge in [0.05, 0.1) is 38.1 Å². The minimum Gasteiger partial charge on any atom is -0.469 e. The van der Waals surface area contributed by atoms with Gasteiger partial charge in [0, 0.05) is 13.1 Å². The third kappa shape index (κ3) is 12.4. The van der Waals surface area contributed by atoms with Gasteiger partial charge in [-0.15, -0.1) is 13.2 Å². The normalized spacial score (nSPS) is 23.0. The highest BCUT2D eigenvalue weighted by Gasteiger charge is 2.45. The van der Waals surface area contributed by atoms with Crippen molar-refractivity contribution in [1.82, 2.24) is 9.80 Å². The van der Waals surface area contributed by atoms with Crippen LogP contribution in [0.4, 0.5) is 9.59 Å². The fourth-order valence-corrected chi connectivity index (χ4v) is 7.44. The standard InChI is InChI=1S/C38H64N2O8/c1-11-13-15-23-30(34(42)46-10)32-28(22-19-26-40(32)36(44)48-38(6,7)8)20-16-14-17-24-29(33(41)45-9)31-27(12-2)21-18-25-39(31)35(43)47-37(3,4)5/h11-12,27-32H,1-2,13-26H2,3-10H3/t27-,28-,29+,30+,31-,32-/m0/s1. The van der Waals surface area contributed by atoms with Crippen LogP contribution in [0, 0.1) is 23.7 Å². The van der Waals surface area contributed by atoms with E-state index >= 15 is 0 Å². The number of methoxy groups -OCH3 is 2. The number of hydrogen-bond donors (Lipinski definition) is 0. The molecule has 2 heterocycles. The minimum absolute atomic E-state index is 0.0476. The molecule has 2 aliphatic rings. The number of ether oxygens (including phenoxy) is 4. The minimum atomic E-state index is -0.656. The number of rotatable bonds is 15. The Morgan fingerprint density at radius 2 is 1.23 bits per heavy atom. The van der Waals surface area contributed by atoms with Crippen LogP contribution < -0.4 is 0 Å². The van der Waals surface area contributed by atoms with Gasteiger partial charge in [-0.2, -0.15) is 0 Å². The molecule has 2 rings (SSSR count). The van der Waals surface area contributed by atoms with Crippen molar-refractivity contribution in [3.05, 3.63) is 25.3 Å². The van der Waals surface area contributed by atoms with Crippen LogP contribution in [0.1, 0.15) is 119 Å². The molecule has 0 unspecified atom stereocenters. The van der Waals surface area contributed by atoms with Crippen LogP contribution >= 0.6 is 0 Å². The van der Waals surface area contributed by atoms with Crippen LogP contribution in [0.5, 0.6) is 0 Å². The van der Waals surface area contributed by atoms with Gasteiger partial charge in [0.25, 0.3) is 0 Å². The van der Waals surface area contributed by atoms with E-state index in [1.807, 2.05) is 53.7 Å². The first-order valence-electron chi connectivity index (χ1n) is 18.0. The highest BCUT2D eigenvalue weighted by atomic mass is 16.6. The second kappa shape index (κ2) is 19.2. The SMILES string of the molecule is C=CCCC[C@@H](C(=O)OC)[C@@H]1[C@@H](CCCCC[C@@H](C(=O)OC)[C@@H]2[C@@H](C=C)CCCN2C(=O)OC(C)(C)C)CCCN1C(=O)OC(C)(C)C. The lowest BCUT2D eigenvalue weighted by molar-refractivity contribution is -0.150. The van der Waals surface area contributed by atoms with Crippen LogP contribution in [0.3, 0.4) is 0 Å². The topological polar surface area (TPSA) is 112 Å². The number of nitrogens with zero attached hydrogens (tertiary/aromatic N) is 2. The molecule has 2 fully saturated rings. The van der Waals surface area contributed by atoms with Gasteiger partial charge in [-0.05, 0) is 111 Å². The molecule has 2 aliphatic heterocycles. The molecule has 0 bridgehead atoms. The number of hydrogen-bond acceptors (Lipinski definition) is 8. The molecule has 0 spiro atoms. The average Bonchev–Trinajstić information content (AvgIpc) is 3.02. The summed E-state index contributed by atoms with van der Waals surface area (Å²) in [5.74, 6) is -1.55. The van der Waals surface area contributed by atoms with Crippen molar-refractivity contribution in [2.45, 2.75) is 142 Å². The van der Waals surface area contributed by atoms with Crippen molar-refractivity contribution in [2.75, 3.05) is 27.3 Å². The van der Waals surface area contributed by atoms with Crippen LogP contribution in [0.2, 0.25) is 0 Å². The Morgan fingerprint density at radius 3 is 1.73 bits per heavy atom. The van der Waals surface area contributed by atoms with E-state index in [0.717, 1.165) is 64.2 Å². The van der Waals surface area contributed by atoms with E-state index in [2.05, 4.69) is 13.2 Å². The van der Waals surface area contributed by atoms with Crippen LogP contribution in [-0.4, -0.2) is 84.5 Å². The Labute approximate surface area is 289 Å². The van der Waals surface area contributed by atoms with Gasteiger partial charge >= 0.3 is 24.1 Å². The molecule has 6 atom stereocenters. The first kappa shape index (κ1) is 41.1. The number of amides is 2. The van der Waals surface area contributed by atoms with E-state index in [9.17, 15) is 19.2 Å². The molecule has 274 valence electrons. The zero-order valence-corrected chi connectivity index (χ0v) is 31.1. The van der Waals surface area contributed by atoms with Gasteiger partial charge in [0.1, 0.15) is 11.2 Å². The van der Waals surface area contributed by atoms with Gasteiger partial charge in [-0.1, -0.05) is 31.4 Å². The quantitative estimate of drug-likeness (QED) is 0.0741. The molecule has 48 heavy (non-hydrogen) atoms. The first-order chi connectivity index (χ1) is 22.6. The van der Waals surface area contributed by atoms with Crippen molar-refractivity contribution in [1.29, 1.82) is 0 Å². The lowest BCUT2D eigenvalue weighted by Gasteiger charge is -2.45.